The van der Waals surface area contributed by atoms with Gasteiger partial charge in [-0.05, 0) is 55.6 Å². The Morgan fingerprint density at radius 2 is 1.81 bits per heavy atom. The molecule has 2 N–H and O–H groups in total. The van der Waals surface area contributed by atoms with Crippen molar-refractivity contribution >= 4 is 39.1 Å². The zero-order chi connectivity index (χ0) is 20.0. The van der Waals surface area contributed by atoms with Crippen LogP contribution in [0.15, 0.2) is 52.3 Å². The summed E-state index contributed by atoms with van der Waals surface area (Å²) >= 11 is 1.43. The molecule has 0 fully saturated rings. The molecule has 27 heavy (non-hydrogen) atoms. The number of carbonyl (C=O) groups excluding carboxylic acids is 1. The van der Waals surface area contributed by atoms with Gasteiger partial charge in [-0.15, -0.1) is 11.8 Å². The number of ether oxygens (including phenoxy) is 1. The van der Waals surface area contributed by atoms with E-state index >= 15 is 0 Å². The van der Waals surface area contributed by atoms with E-state index in [0.29, 0.717) is 23.7 Å². The van der Waals surface area contributed by atoms with E-state index in [1.807, 2.05) is 13.2 Å². The number of hydrogen-bond donors (Lipinski definition) is 2. The van der Waals surface area contributed by atoms with Crippen LogP contribution in [0.4, 0.5) is 11.4 Å². The van der Waals surface area contributed by atoms with Crippen LogP contribution in [0.1, 0.15) is 20.8 Å². The summed E-state index contributed by atoms with van der Waals surface area (Å²) in [6.45, 7) is 5.98. The molecule has 0 saturated carbocycles. The lowest BCUT2D eigenvalue weighted by atomic mass is 10.2. The van der Waals surface area contributed by atoms with Crippen molar-refractivity contribution in [3.05, 3.63) is 42.5 Å². The summed E-state index contributed by atoms with van der Waals surface area (Å²) in [5.41, 5.74) is 0.913. The molecule has 6 nitrogen and oxygen atoms in total. The van der Waals surface area contributed by atoms with Crippen LogP contribution in [0.2, 0.25) is 0 Å². The number of anilines is 2. The Morgan fingerprint density at radius 3 is 2.37 bits per heavy atom. The number of sulfonamides is 1. The number of thioether (sulfide) groups is 1. The van der Waals surface area contributed by atoms with E-state index in [2.05, 4.69) is 10.0 Å². The first kappa shape index (κ1) is 21.1. The van der Waals surface area contributed by atoms with Gasteiger partial charge in [0.1, 0.15) is 5.75 Å². The van der Waals surface area contributed by atoms with Gasteiger partial charge in [-0.1, -0.05) is 13.8 Å². The topological polar surface area (TPSA) is 84.5 Å². The van der Waals surface area contributed by atoms with Crippen LogP contribution in [-0.4, -0.2) is 27.2 Å². The molecule has 0 radical (unpaired) electrons. The summed E-state index contributed by atoms with van der Waals surface area (Å²) in [4.78, 5) is 12.9. The first-order chi connectivity index (χ1) is 12.8. The molecule has 1 amide bonds. The van der Waals surface area contributed by atoms with E-state index in [9.17, 15) is 13.2 Å². The average molecular weight is 409 g/mol. The lowest BCUT2D eigenvalue weighted by Gasteiger charge is -2.14. The van der Waals surface area contributed by atoms with Crippen molar-refractivity contribution in [3.63, 3.8) is 0 Å². The van der Waals surface area contributed by atoms with E-state index in [1.165, 1.54) is 23.9 Å². The standard InChI is InChI=1S/C19H24N2O4S2/c1-5-25-15-8-6-14(7-9-15)21-27(23,24)16-10-11-18(26-4)17(12-16)20-19(22)13(2)3/h6-13,21H,5H2,1-4H3,(H,20,22). The summed E-state index contributed by atoms with van der Waals surface area (Å²) in [5, 5.41) is 2.79. The molecule has 146 valence electrons. The molecule has 0 unspecified atom stereocenters. The van der Waals surface area contributed by atoms with Gasteiger partial charge in [0.2, 0.25) is 5.91 Å². The molecule has 8 heteroatoms. The number of rotatable bonds is 8. The fourth-order valence-electron chi connectivity index (χ4n) is 2.23. The third-order valence-electron chi connectivity index (χ3n) is 3.68. The van der Waals surface area contributed by atoms with Gasteiger partial charge < -0.3 is 10.1 Å². The molecular formula is C19H24N2O4S2. The van der Waals surface area contributed by atoms with E-state index in [-0.39, 0.29) is 16.7 Å². The maximum absolute atomic E-state index is 12.7. The fraction of sp³-hybridized carbons (Fsp3) is 0.316. The second-order valence-corrected chi connectivity index (χ2v) is 8.60. The molecule has 0 saturated heterocycles. The Labute approximate surface area is 164 Å². The van der Waals surface area contributed by atoms with Gasteiger partial charge in [0.15, 0.2) is 0 Å². The van der Waals surface area contributed by atoms with Crippen LogP contribution in [0.3, 0.4) is 0 Å². The molecule has 0 aromatic heterocycles. The SMILES string of the molecule is CCOc1ccc(NS(=O)(=O)c2ccc(SC)c(NC(=O)C(C)C)c2)cc1. The first-order valence-electron chi connectivity index (χ1n) is 8.51. The highest BCUT2D eigenvalue weighted by Crippen LogP contribution is 2.29. The maximum Gasteiger partial charge on any atom is 0.261 e. The van der Waals surface area contributed by atoms with Gasteiger partial charge in [-0.25, -0.2) is 8.42 Å². The number of carbonyl (C=O) groups is 1. The maximum atomic E-state index is 12.7. The molecule has 2 rings (SSSR count). The number of hydrogen-bond acceptors (Lipinski definition) is 5. The van der Waals surface area contributed by atoms with Crippen LogP contribution in [0.5, 0.6) is 5.75 Å². The highest BCUT2D eigenvalue weighted by Gasteiger charge is 2.18. The van der Waals surface area contributed by atoms with Crippen LogP contribution < -0.4 is 14.8 Å². The Balaban J connectivity index is 2.28. The van der Waals surface area contributed by atoms with Crippen molar-refractivity contribution in [2.75, 3.05) is 22.9 Å². The summed E-state index contributed by atoms with van der Waals surface area (Å²) in [7, 11) is -3.79. The largest absolute Gasteiger partial charge is 0.494 e. The smallest absolute Gasteiger partial charge is 0.261 e. The van der Waals surface area contributed by atoms with Crippen LogP contribution in [-0.2, 0) is 14.8 Å². The van der Waals surface area contributed by atoms with E-state index in [4.69, 9.17) is 4.74 Å². The summed E-state index contributed by atoms with van der Waals surface area (Å²) in [5.74, 6) is 0.296. The Hall–Kier alpha value is -2.19. The second kappa shape index (κ2) is 9.14. The minimum atomic E-state index is -3.79. The zero-order valence-corrected chi connectivity index (χ0v) is 17.4. The first-order valence-corrected chi connectivity index (χ1v) is 11.2. The van der Waals surface area contributed by atoms with Crippen molar-refractivity contribution < 1.29 is 17.9 Å². The van der Waals surface area contributed by atoms with Gasteiger partial charge >= 0.3 is 0 Å². The highest BCUT2D eigenvalue weighted by molar-refractivity contribution is 7.98. The van der Waals surface area contributed by atoms with Gasteiger partial charge in [0, 0.05) is 16.5 Å². The number of amides is 1. The van der Waals surface area contributed by atoms with Crippen molar-refractivity contribution in [3.8, 4) is 5.75 Å². The van der Waals surface area contributed by atoms with Crippen molar-refractivity contribution in [1.29, 1.82) is 0 Å². The summed E-state index contributed by atoms with van der Waals surface area (Å²) in [6, 6.07) is 11.4. The molecule has 0 bridgehead atoms. The lowest BCUT2D eigenvalue weighted by molar-refractivity contribution is -0.118. The lowest BCUT2D eigenvalue weighted by Crippen LogP contribution is -2.19. The third-order valence-corrected chi connectivity index (χ3v) is 5.86. The van der Waals surface area contributed by atoms with Gasteiger partial charge in [0.25, 0.3) is 10.0 Å². The van der Waals surface area contributed by atoms with E-state index in [1.54, 1.807) is 44.2 Å². The van der Waals surface area contributed by atoms with Gasteiger partial charge in [-0.3, -0.25) is 9.52 Å². The predicted molar refractivity (Wildman–Crippen MR) is 110 cm³/mol. The quantitative estimate of drug-likeness (QED) is 0.640. The summed E-state index contributed by atoms with van der Waals surface area (Å²) < 4.78 is 33.3. The van der Waals surface area contributed by atoms with Crippen molar-refractivity contribution in [2.45, 2.75) is 30.6 Å². The Bertz CT molecular complexity index is 894. The van der Waals surface area contributed by atoms with Crippen molar-refractivity contribution in [2.24, 2.45) is 5.92 Å². The normalized spacial score (nSPS) is 11.3. The molecule has 0 aliphatic heterocycles. The van der Waals surface area contributed by atoms with E-state index < -0.39 is 10.0 Å². The molecule has 0 atom stereocenters. The predicted octanol–water partition coefficient (Wildman–Crippen LogP) is 4.20. The zero-order valence-electron chi connectivity index (χ0n) is 15.8. The average Bonchev–Trinajstić information content (AvgIpc) is 2.63. The van der Waals surface area contributed by atoms with Crippen LogP contribution in [0, 0.1) is 5.92 Å². The molecular weight excluding hydrogens is 384 g/mol. The molecule has 0 aliphatic carbocycles. The number of benzene rings is 2. The minimum Gasteiger partial charge on any atom is -0.494 e. The van der Waals surface area contributed by atoms with Crippen LogP contribution in [0.25, 0.3) is 0 Å². The summed E-state index contributed by atoms with van der Waals surface area (Å²) in [6.07, 6.45) is 1.87. The minimum absolute atomic E-state index is 0.0771. The Kier molecular flexibility index (Phi) is 7.15. The fourth-order valence-corrected chi connectivity index (χ4v) is 3.85. The molecule has 0 aliphatic rings. The van der Waals surface area contributed by atoms with Crippen LogP contribution >= 0.6 is 11.8 Å². The molecule has 2 aromatic carbocycles. The van der Waals surface area contributed by atoms with Gasteiger partial charge in [-0.2, -0.15) is 0 Å². The third kappa shape index (κ3) is 5.64. The molecule has 2 aromatic rings. The van der Waals surface area contributed by atoms with Crippen molar-refractivity contribution in [1.82, 2.24) is 0 Å². The monoisotopic (exact) mass is 408 g/mol. The van der Waals surface area contributed by atoms with Gasteiger partial charge in [0.05, 0.1) is 17.2 Å². The Morgan fingerprint density at radius 1 is 1.15 bits per heavy atom. The molecule has 0 heterocycles. The second-order valence-electron chi connectivity index (χ2n) is 6.07. The number of nitrogens with one attached hydrogen (secondary N) is 2. The molecule has 0 spiro atoms. The highest BCUT2D eigenvalue weighted by atomic mass is 32.2. The van der Waals surface area contributed by atoms with E-state index in [0.717, 1.165) is 4.90 Å².